The lowest BCUT2D eigenvalue weighted by Crippen LogP contribution is -2.17. The number of rotatable bonds is 6. The SMILES string of the molecule is COc1ccc(NC(=O)CCn2nccc2C(=O)O)cc1. The van der Waals surface area contributed by atoms with Crippen molar-refractivity contribution in [3.8, 4) is 5.75 Å². The van der Waals surface area contributed by atoms with Gasteiger partial charge in [-0.1, -0.05) is 0 Å². The largest absolute Gasteiger partial charge is 0.497 e. The van der Waals surface area contributed by atoms with Gasteiger partial charge in [-0.3, -0.25) is 9.48 Å². The Morgan fingerprint density at radius 3 is 2.62 bits per heavy atom. The lowest BCUT2D eigenvalue weighted by molar-refractivity contribution is -0.116. The quantitative estimate of drug-likeness (QED) is 0.842. The number of anilines is 1. The number of carboxylic acids is 1. The highest BCUT2D eigenvalue weighted by molar-refractivity contribution is 5.90. The number of nitrogens with one attached hydrogen (secondary N) is 1. The third-order valence-electron chi connectivity index (χ3n) is 2.86. The van der Waals surface area contributed by atoms with Crippen LogP contribution in [-0.4, -0.2) is 33.9 Å². The van der Waals surface area contributed by atoms with Gasteiger partial charge in [0, 0.05) is 18.3 Å². The Bertz CT molecular complexity index is 634. The van der Waals surface area contributed by atoms with Gasteiger partial charge in [0.2, 0.25) is 5.91 Å². The van der Waals surface area contributed by atoms with Crippen LogP contribution in [0.15, 0.2) is 36.5 Å². The average molecular weight is 289 g/mol. The summed E-state index contributed by atoms with van der Waals surface area (Å²) in [7, 11) is 1.57. The summed E-state index contributed by atoms with van der Waals surface area (Å²) in [6, 6.07) is 8.33. The molecule has 2 N–H and O–H groups in total. The molecular weight excluding hydrogens is 274 g/mol. The fourth-order valence-electron chi connectivity index (χ4n) is 1.80. The number of hydrogen-bond donors (Lipinski definition) is 2. The van der Waals surface area contributed by atoms with Crippen LogP contribution < -0.4 is 10.1 Å². The van der Waals surface area contributed by atoms with Crippen LogP contribution in [0.3, 0.4) is 0 Å². The van der Waals surface area contributed by atoms with E-state index in [2.05, 4.69) is 10.4 Å². The minimum Gasteiger partial charge on any atom is -0.497 e. The molecule has 7 nitrogen and oxygen atoms in total. The summed E-state index contributed by atoms with van der Waals surface area (Å²) in [4.78, 5) is 22.7. The molecule has 7 heteroatoms. The van der Waals surface area contributed by atoms with Gasteiger partial charge in [0.1, 0.15) is 11.4 Å². The fraction of sp³-hybridized carbons (Fsp3) is 0.214. The van der Waals surface area contributed by atoms with Crippen molar-refractivity contribution in [3.63, 3.8) is 0 Å². The Hall–Kier alpha value is -2.83. The van der Waals surface area contributed by atoms with Gasteiger partial charge in [0.15, 0.2) is 0 Å². The molecule has 1 aromatic heterocycles. The number of aromatic nitrogens is 2. The summed E-state index contributed by atoms with van der Waals surface area (Å²) in [5, 5.41) is 15.5. The Morgan fingerprint density at radius 1 is 1.29 bits per heavy atom. The van der Waals surface area contributed by atoms with Crippen molar-refractivity contribution in [1.29, 1.82) is 0 Å². The van der Waals surface area contributed by atoms with Crippen LogP contribution in [0.2, 0.25) is 0 Å². The van der Waals surface area contributed by atoms with Crippen molar-refractivity contribution in [3.05, 3.63) is 42.2 Å². The number of hydrogen-bond acceptors (Lipinski definition) is 4. The summed E-state index contributed by atoms with van der Waals surface area (Å²) < 4.78 is 6.31. The molecule has 0 aliphatic heterocycles. The number of carbonyl (C=O) groups excluding carboxylic acids is 1. The highest BCUT2D eigenvalue weighted by Crippen LogP contribution is 2.15. The molecule has 110 valence electrons. The van der Waals surface area contributed by atoms with E-state index in [0.29, 0.717) is 11.4 Å². The molecule has 1 heterocycles. The summed E-state index contributed by atoms with van der Waals surface area (Å²) in [5.74, 6) is -0.578. The molecule has 0 saturated carbocycles. The molecule has 0 saturated heterocycles. The number of aromatic carboxylic acids is 1. The first-order valence-corrected chi connectivity index (χ1v) is 6.29. The van der Waals surface area contributed by atoms with E-state index in [9.17, 15) is 9.59 Å². The molecule has 0 atom stereocenters. The number of methoxy groups -OCH3 is 1. The number of carbonyl (C=O) groups is 2. The maximum absolute atomic E-state index is 11.8. The first-order valence-electron chi connectivity index (χ1n) is 6.29. The number of ether oxygens (including phenoxy) is 1. The zero-order valence-corrected chi connectivity index (χ0v) is 11.4. The molecule has 0 aliphatic rings. The van der Waals surface area contributed by atoms with E-state index in [4.69, 9.17) is 9.84 Å². The Kier molecular flexibility index (Phi) is 4.55. The monoisotopic (exact) mass is 289 g/mol. The molecule has 1 amide bonds. The van der Waals surface area contributed by atoms with Gasteiger partial charge in [-0.15, -0.1) is 0 Å². The van der Waals surface area contributed by atoms with Crippen LogP contribution >= 0.6 is 0 Å². The number of benzene rings is 1. The second kappa shape index (κ2) is 6.56. The zero-order chi connectivity index (χ0) is 15.2. The summed E-state index contributed by atoms with van der Waals surface area (Å²) in [6.07, 6.45) is 1.53. The molecule has 0 fully saturated rings. The van der Waals surface area contributed by atoms with Gasteiger partial charge in [0.25, 0.3) is 0 Å². The van der Waals surface area contributed by atoms with Crippen LogP contribution in [0.25, 0.3) is 0 Å². The molecule has 0 aliphatic carbocycles. The van der Waals surface area contributed by atoms with E-state index in [1.807, 2.05) is 0 Å². The first kappa shape index (κ1) is 14.6. The van der Waals surface area contributed by atoms with E-state index in [1.165, 1.54) is 16.9 Å². The zero-order valence-electron chi connectivity index (χ0n) is 11.4. The van der Waals surface area contributed by atoms with Gasteiger partial charge < -0.3 is 15.2 Å². The highest BCUT2D eigenvalue weighted by Gasteiger charge is 2.11. The second-order valence-electron chi connectivity index (χ2n) is 4.27. The Morgan fingerprint density at radius 2 is 2.00 bits per heavy atom. The van der Waals surface area contributed by atoms with E-state index in [-0.39, 0.29) is 24.6 Å². The van der Waals surface area contributed by atoms with Crippen LogP contribution in [0.4, 0.5) is 5.69 Å². The average Bonchev–Trinajstić information content (AvgIpc) is 2.94. The van der Waals surface area contributed by atoms with Crippen LogP contribution in [-0.2, 0) is 11.3 Å². The molecule has 2 rings (SSSR count). The van der Waals surface area contributed by atoms with E-state index in [0.717, 1.165) is 0 Å². The molecule has 2 aromatic rings. The van der Waals surface area contributed by atoms with Crippen LogP contribution in [0.1, 0.15) is 16.9 Å². The van der Waals surface area contributed by atoms with Crippen molar-refractivity contribution in [2.24, 2.45) is 0 Å². The minimum atomic E-state index is -1.07. The van der Waals surface area contributed by atoms with Crippen LogP contribution in [0.5, 0.6) is 5.75 Å². The van der Waals surface area contributed by atoms with E-state index < -0.39 is 5.97 Å². The summed E-state index contributed by atoms with van der Waals surface area (Å²) in [5.41, 5.74) is 0.715. The molecule has 0 spiro atoms. The Balaban J connectivity index is 1.89. The van der Waals surface area contributed by atoms with Crippen molar-refractivity contribution < 1.29 is 19.4 Å². The van der Waals surface area contributed by atoms with Gasteiger partial charge in [-0.05, 0) is 30.3 Å². The predicted molar refractivity (Wildman–Crippen MR) is 75.4 cm³/mol. The lowest BCUT2D eigenvalue weighted by atomic mass is 10.3. The minimum absolute atomic E-state index is 0.0623. The first-order chi connectivity index (χ1) is 10.1. The standard InChI is InChI=1S/C14H15N3O4/c1-21-11-4-2-10(3-5-11)16-13(18)7-9-17-12(14(19)20)6-8-15-17/h2-6,8H,7,9H2,1H3,(H,16,18)(H,19,20). The number of carboxylic acid groups (broad SMARTS) is 1. The van der Waals surface area contributed by atoms with E-state index >= 15 is 0 Å². The van der Waals surface area contributed by atoms with Gasteiger partial charge >= 0.3 is 5.97 Å². The normalized spacial score (nSPS) is 10.1. The molecule has 0 radical (unpaired) electrons. The van der Waals surface area contributed by atoms with E-state index in [1.54, 1.807) is 31.4 Å². The van der Waals surface area contributed by atoms with Crippen molar-refractivity contribution >= 4 is 17.6 Å². The third-order valence-corrected chi connectivity index (χ3v) is 2.86. The van der Waals surface area contributed by atoms with Crippen molar-refractivity contribution in [2.45, 2.75) is 13.0 Å². The molecule has 0 bridgehead atoms. The smallest absolute Gasteiger partial charge is 0.354 e. The predicted octanol–water partition coefficient (Wildman–Crippen LogP) is 1.62. The van der Waals surface area contributed by atoms with Crippen molar-refractivity contribution in [1.82, 2.24) is 9.78 Å². The summed E-state index contributed by atoms with van der Waals surface area (Å²) in [6.45, 7) is 0.205. The molecule has 21 heavy (non-hydrogen) atoms. The van der Waals surface area contributed by atoms with Crippen LogP contribution in [0, 0.1) is 0 Å². The molecular formula is C14H15N3O4. The van der Waals surface area contributed by atoms with Crippen molar-refractivity contribution in [2.75, 3.05) is 12.4 Å². The number of nitrogens with zero attached hydrogens (tertiary/aromatic N) is 2. The van der Waals surface area contributed by atoms with Gasteiger partial charge in [-0.25, -0.2) is 4.79 Å². The Labute approximate surface area is 121 Å². The number of amides is 1. The lowest BCUT2D eigenvalue weighted by Gasteiger charge is -2.07. The molecule has 1 aromatic carbocycles. The topological polar surface area (TPSA) is 93.5 Å². The fourth-order valence-corrected chi connectivity index (χ4v) is 1.80. The maximum Gasteiger partial charge on any atom is 0.354 e. The third kappa shape index (κ3) is 3.82. The second-order valence-corrected chi connectivity index (χ2v) is 4.27. The van der Waals surface area contributed by atoms with Gasteiger partial charge in [0.05, 0.1) is 13.7 Å². The number of aryl methyl sites for hydroxylation is 1. The molecule has 0 unspecified atom stereocenters. The maximum atomic E-state index is 11.8. The highest BCUT2D eigenvalue weighted by atomic mass is 16.5. The van der Waals surface area contributed by atoms with Gasteiger partial charge in [-0.2, -0.15) is 5.10 Å². The summed E-state index contributed by atoms with van der Waals surface area (Å²) >= 11 is 0.